The van der Waals surface area contributed by atoms with E-state index in [9.17, 15) is 4.55 Å². The topological polar surface area (TPSA) is 95.7 Å². The lowest BCUT2D eigenvalue weighted by Gasteiger charge is -2.30. The summed E-state index contributed by atoms with van der Waals surface area (Å²) >= 11 is -1.22. The van der Waals surface area contributed by atoms with E-state index in [0.29, 0.717) is 31.7 Å². The maximum Gasteiger partial charge on any atom is 0.324 e. The van der Waals surface area contributed by atoms with Gasteiger partial charge in [-0.25, -0.2) is 0 Å². The average Bonchev–Trinajstić information content (AvgIpc) is 3.41. The van der Waals surface area contributed by atoms with Crippen molar-refractivity contribution in [2.24, 2.45) is 5.92 Å². The summed E-state index contributed by atoms with van der Waals surface area (Å²) in [5.74, 6) is 2.40. The zero-order valence-corrected chi connectivity index (χ0v) is 22.1. The highest BCUT2D eigenvalue weighted by Gasteiger charge is 2.24. The Kier molecular flexibility index (Phi) is 9.63. The van der Waals surface area contributed by atoms with E-state index in [4.69, 9.17) is 14.0 Å². The number of rotatable bonds is 12. The molecule has 1 saturated heterocycles. The number of benzene rings is 2. The van der Waals surface area contributed by atoms with Gasteiger partial charge in [0.25, 0.3) is 0 Å². The van der Waals surface area contributed by atoms with Crippen LogP contribution in [0, 0.1) is 5.92 Å². The first-order chi connectivity index (χ1) is 17.5. The molecule has 0 spiro atoms. The van der Waals surface area contributed by atoms with E-state index < -0.39 is 11.4 Å². The quantitative estimate of drug-likeness (QED) is 0.273. The van der Waals surface area contributed by atoms with Crippen molar-refractivity contribution >= 4 is 17.4 Å². The summed E-state index contributed by atoms with van der Waals surface area (Å²) in [6.07, 6.45) is 2.89. The maximum atomic E-state index is 12.3. The van der Waals surface area contributed by atoms with Gasteiger partial charge in [-0.05, 0) is 72.7 Å². The highest BCUT2D eigenvalue weighted by atomic mass is 32.2. The summed E-state index contributed by atoms with van der Waals surface area (Å²) in [4.78, 5) is 7.45. The lowest BCUT2D eigenvalue weighted by molar-refractivity contribution is 0.196. The highest BCUT2D eigenvalue weighted by Crippen LogP contribution is 2.26. The molecule has 1 atom stereocenters. The number of piperidine rings is 1. The largest absolute Gasteiger partial charge is 0.593 e. The van der Waals surface area contributed by atoms with Crippen LogP contribution in [-0.4, -0.2) is 54.7 Å². The molecule has 1 N–H and O–H groups in total. The van der Waals surface area contributed by atoms with Crippen molar-refractivity contribution in [1.82, 2.24) is 14.9 Å². The molecular weight excluding hydrogens is 476 g/mol. The molecule has 1 aromatic heterocycles. The summed E-state index contributed by atoms with van der Waals surface area (Å²) in [5, 5.41) is 4.07. The molecule has 0 saturated carbocycles. The van der Waals surface area contributed by atoms with Gasteiger partial charge in [0.1, 0.15) is 5.75 Å². The third kappa shape index (κ3) is 7.22. The van der Waals surface area contributed by atoms with Crippen LogP contribution in [0.5, 0.6) is 5.75 Å². The Morgan fingerprint density at radius 2 is 1.75 bits per heavy atom. The fourth-order valence-electron chi connectivity index (χ4n) is 4.07. The predicted molar refractivity (Wildman–Crippen MR) is 142 cm³/mol. The first-order valence-corrected chi connectivity index (χ1v) is 13.7. The molecule has 0 bridgehead atoms. The third-order valence-electron chi connectivity index (χ3n) is 6.33. The Morgan fingerprint density at radius 1 is 1.08 bits per heavy atom. The standard InChI is InChI=1S/C27H36N4O4S/c1-20(2)26-29-27(35-30-26)31-16-13-21(14-17-31)19-34-24-9-5-22(6-10-24)23-7-11-25(12-8-23)36(32)28-15-4-18-33-3/h5-12,20-21,28H,4,13-19H2,1-3H3. The number of aromatic nitrogens is 2. The van der Waals surface area contributed by atoms with Gasteiger partial charge in [-0.3, -0.25) is 0 Å². The zero-order valence-electron chi connectivity index (χ0n) is 21.3. The monoisotopic (exact) mass is 512 g/mol. The number of anilines is 1. The molecule has 1 unspecified atom stereocenters. The van der Waals surface area contributed by atoms with Gasteiger partial charge >= 0.3 is 6.01 Å². The van der Waals surface area contributed by atoms with Crippen molar-refractivity contribution in [3.05, 3.63) is 54.4 Å². The van der Waals surface area contributed by atoms with Gasteiger partial charge in [-0.2, -0.15) is 4.98 Å². The molecule has 194 valence electrons. The van der Waals surface area contributed by atoms with Crippen molar-refractivity contribution in [1.29, 1.82) is 0 Å². The van der Waals surface area contributed by atoms with E-state index in [0.717, 1.165) is 59.9 Å². The second kappa shape index (κ2) is 13.1. The molecule has 0 aliphatic carbocycles. The highest BCUT2D eigenvalue weighted by molar-refractivity contribution is 7.89. The van der Waals surface area contributed by atoms with E-state index in [1.807, 2.05) is 36.4 Å². The minimum absolute atomic E-state index is 0.267. The lowest BCUT2D eigenvalue weighted by atomic mass is 9.98. The SMILES string of the molecule is COCCCN[S+]([O-])c1ccc(-c2ccc(OCC3CCN(c4nc(C(C)C)no4)CC3)cc2)cc1. The van der Waals surface area contributed by atoms with Gasteiger partial charge < -0.3 is 23.4 Å². The Labute approximate surface area is 216 Å². The molecule has 9 heteroatoms. The number of nitrogens with zero attached hydrogens (tertiary/aromatic N) is 3. The third-order valence-corrected chi connectivity index (χ3v) is 7.50. The van der Waals surface area contributed by atoms with Crippen LogP contribution in [0.15, 0.2) is 57.9 Å². The van der Waals surface area contributed by atoms with Crippen LogP contribution in [0.3, 0.4) is 0 Å². The zero-order chi connectivity index (χ0) is 25.3. The van der Waals surface area contributed by atoms with Crippen LogP contribution in [0.1, 0.15) is 44.9 Å². The molecule has 4 rings (SSSR count). The van der Waals surface area contributed by atoms with Crippen LogP contribution in [-0.2, 0) is 16.1 Å². The minimum Gasteiger partial charge on any atom is -0.593 e. The van der Waals surface area contributed by atoms with E-state index in [1.54, 1.807) is 7.11 Å². The van der Waals surface area contributed by atoms with E-state index in [-0.39, 0.29) is 5.92 Å². The molecule has 8 nitrogen and oxygen atoms in total. The lowest BCUT2D eigenvalue weighted by Crippen LogP contribution is -2.35. The molecule has 1 aliphatic rings. The van der Waals surface area contributed by atoms with Gasteiger partial charge in [0.15, 0.2) is 10.7 Å². The number of hydrogen-bond acceptors (Lipinski definition) is 8. The van der Waals surface area contributed by atoms with Gasteiger partial charge in [0, 0.05) is 39.3 Å². The molecule has 2 aromatic carbocycles. The molecule has 3 aromatic rings. The average molecular weight is 513 g/mol. The Hall–Kier alpha value is -2.59. The number of nitrogens with one attached hydrogen (secondary N) is 1. The van der Waals surface area contributed by atoms with Crippen molar-refractivity contribution in [2.75, 3.05) is 44.9 Å². The molecule has 0 amide bonds. The fourth-order valence-corrected chi connectivity index (χ4v) is 4.95. The number of methoxy groups -OCH3 is 1. The van der Waals surface area contributed by atoms with E-state index in [2.05, 4.69) is 45.7 Å². The van der Waals surface area contributed by atoms with Crippen LogP contribution in [0.4, 0.5) is 6.01 Å². The molecule has 1 fully saturated rings. The van der Waals surface area contributed by atoms with Crippen molar-refractivity contribution in [3.8, 4) is 16.9 Å². The maximum absolute atomic E-state index is 12.3. The van der Waals surface area contributed by atoms with E-state index in [1.165, 1.54) is 0 Å². The first kappa shape index (κ1) is 26.5. The normalized spacial score (nSPS) is 15.4. The van der Waals surface area contributed by atoms with Crippen molar-refractivity contribution in [3.63, 3.8) is 0 Å². The summed E-state index contributed by atoms with van der Waals surface area (Å²) in [6.45, 7) is 7.94. The van der Waals surface area contributed by atoms with E-state index >= 15 is 0 Å². The first-order valence-electron chi connectivity index (χ1n) is 12.6. The predicted octanol–water partition coefficient (Wildman–Crippen LogP) is 4.80. The van der Waals surface area contributed by atoms with Gasteiger partial charge in [0.05, 0.1) is 18.0 Å². The summed E-state index contributed by atoms with van der Waals surface area (Å²) in [5.41, 5.74) is 2.18. The summed E-state index contributed by atoms with van der Waals surface area (Å²) in [7, 11) is 1.67. The number of hydrogen-bond donors (Lipinski definition) is 1. The number of ether oxygens (including phenoxy) is 2. The summed E-state index contributed by atoms with van der Waals surface area (Å²) < 4.78 is 31.9. The molecule has 2 heterocycles. The molecular formula is C27H36N4O4S. The van der Waals surface area contributed by atoms with Gasteiger partial charge in [-0.15, -0.1) is 4.72 Å². The molecule has 1 aliphatic heterocycles. The van der Waals surface area contributed by atoms with Crippen molar-refractivity contribution in [2.45, 2.75) is 43.9 Å². The van der Waals surface area contributed by atoms with Crippen LogP contribution in [0.2, 0.25) is 0 Å². The van der Waals surface area contributed by atoms with Gasteiger partial charge in [0.2, 0.25) is 0 Å². The summed E-state index contributed by atoms with van der Waals surface area (Å²) in [6, 6.07) is 16.6. The van der Waals surface area contributed by atoms with Crippen LogP contribution < -0.4 is 14.4 Å². The second-order valence-corrected chi connectivity index (χ2v) is 10.7. The Balaban J connectivity index is 1.22. The Bertz CT molecular complexity index is 1050. The van der Waals surface area contributed by atoms with Crippen molar-refractivity contribution < 1.29 is 18.5 Å². The fraction of sp³-hybridized carbons (Fsp3) is 0.481. The smallest absolute Gasteiger partial charge is 0.324 e. The Morgan fingerprint density at radius 3 is 2.36 bits per heavy atom. The molecule has 0 radical (unpaired) electrons. The van der Waals surface area contributed by atoms with Crippen LogP contribution in [0.25, 0.3) is 11.1 Å². The minimum atomic E-state index is -1.22. The van der Waals surface area contributed by atoms with Crippen LogP contribution >= 0.6 is 0 Å². The second-order valence-electron chi connectivity index (χ2n) is 9.39. The molecule has 36 heavy (non-hydrogen) atoms. The van der Waals surface area contributed by atoms with Gasteiger partial charge in [-0.1, -0.05) is 31.1 Å².